The molecular weight excluding hydrogens is 264 g/mol. The standard InChI is InChI=1S/C13H26N2O3S/c1-9(2)15(10(3)4)12(16)8-19-7-6-11(14)13(17)18-5/h9-11H,6-8,14H2,1-5H3. The molecule has 0 spiro atoms. The van der Waals surface area contributed by atoms with Gasteiger partial charge in [-0.3, -0.25) is 9.59 Å². The predicted octanol–water partition coefficient (Wildman–Crippen LogP) is 1.26. The molecule has 0 aliphatic heterocycles. The summed E-state index contributed by atoms with van der Waals surface area (Å²) < 4.78 is 4.54. The Hall–Kier alpha value is -0.750. The van der Waals surface area contributed by atoms with Gasteiger partial charge >= 0.3 is 5.97 Å². The monoisotopic (exact) mass is 290 g/mol. The minimum Gasteiger partial charge on any atom is -0.468 e. The molecule has 19 heavy (non-hydrogen) atoms. The molecule has 0 aromatic heterocycles. The minimum absolute atomic E-state index is 0.127. The van der Waals surface area contributed by atoms with Gasteiger partial charge in [-0.1, -0.05) is 0 Å². The summed E-state index contributed by atoms with van der Waals surface area (Å²) in [5.41, 5.74) is 5.62. The Labute approximate surface area is 120 Å². The smallest absolute Gasteiger partial charge is 0.322 e. The number of carbonyl (C=O) groups is 2. The van der Waals surface area contributed by atoms with Crippen LogP contribution in [-0.4, -0.2) is 53.5 Å². The van der Waals surface area contributed by atoms with Crippen molar-refractivity contribution in [2.45, 2.75) is 52.2 Å². The van der Waals surface area contributed by atoms with Crippen LogP contribution < -0.4 is 5.73 Å². The first-order valence-electron chi connectivity index (χ1n) is 6.53. The normalized spacial score (nSPS) is 12.6. The molecule has 0 aromatic rings. The van der Waals surface area contributed by atoms with Gasteiger partial charge in [-0.2, -0.15) is 11.8 Å². The average Bonchev–Trinajstić information content (AvgIpc) is 2.32. The van der Waals surface area contributed by atoms with E-state index in [-0.39, 0.29) is 18.0 Å². The van der Waals surface area contributed by atoms with E-state index in [0.717, 1.165) is 0 Å². The summed E-state index contributed by atoms with van der Waals surface area (Å²) in [6, 6.07) is -0.199. The fraction of sp³-hybridized carbons (Fsp3) is 0.846. The van der Waals surface area contributed by atoms with Crippen molar-refractivity contribution < 1.29 is 14.3 Å². The molecule has 0 bridgehead atoms. The van der Waals surface area contributed by atoms with Crippen LogP contribution in [0.2, 0.25) is 0 Å². The van der Waals surface area contributed by atoms with Gasteiger partial charge in [-0.05, 0) is 39.9 Å². The van der Waals surface area contributed by atoms with Gasteiger partial charge in [0.1, 0.15) is 6.04 Å². The van der Waals surface area contributed by atoms with Crippen LogP contribution in [0.1, 0.15) is 34.1 Å². The molecule has 1 unspecified atom stereocenters. The maximum atomic E-state index is 12.0. The lowest BCUT2D eigenvalue weighted by Gasteiger charge is -2.30. The van der Waals surface area contributed by atoms with Crippen LogP contribution in [0, 0.1) is 0 Å². The van der Waals surface area contributed by atoms with Gasteiger partial charge < -0.3 is 15.4 Å². The van der Waals surface area contributed by atoms with Crippen molar-refractivity contribution in [3.05, 3.63) is 0 Å². The summed E-state index contributed by atoms with van der Waals surface area (Å²) in [5, 5.41) is 0. The van der Waals surface area contributed by atoms with Gasteiger partial charge in [0.25, 0.3) is 0 Å². The largest absolute Gasteiger partial charge is 0.468 e. The highest BCUT2D eigenvalue weighted by molar-refractivity contribution is 7.99. The van der Waals surface area contributed by atoms with E-state index in [9.17, 15) is 9.59 Å². The SMILES string of the molecule is COC(=O)C(N)CCSCC(=O)N(C(C)C)C(C)C. The Balaban J connectivity index is 4.00. The third-order valence-electron chi connectivity index (χ3n) is 2.70. The molecular formula is C13H26N2O3S. The highest BCUT2D eigenvalue weighted by Gasteiger charge is 2.20. The molecule has 0 fully saturated rings. The molecule has 0 aliphatic rings. The number of thioether (sulfide) groups is 1. The van der Waals surface area contributed by atoms with Crippen molar-refractivity contribution >= 4 is 23.6 Å². The molecule has 1 atom stereocenters. The van der Waals surface area contributed by atoms with Gasteiger partial charge in [0.2, 0.25) is 5.91 Å². The van der Waals surface area contributed by atoms with Crippen molar-refractivity contribution in [1.82, 2.24) is 4.90 Å². The third-order valence-corrected chi connectivity index (χ3v) is 3.68. The number of ether oxygens (including phenoxy) is 1. The molecule has 0 saturated carbocycles. The Kier molecular flexibility index (Phi) is 8.84. The van der Waals surface area contributed by atoms with Crippen LogP contribution in [0.25, 0.3) is 0 Å². The van der Waals surface area contributed by atoms with E-state index in [1.54, 1.807) is 0 Å². The van der Waals surface area contributed by atoms with Gasteiger partial charge in [-0.15, -0.1) is 0 Å². The van der Waals surface area contributed by atoms with Crippen molar-refractivity contribution in [1.29, 1.82) is 0 Å². The number of methoxy groups -OCH3 is 1. The fourth-order valence-electron chi connectivity index (χ4n) is 1.89. The van der Waals surface area contributed by atoms with Crippen LogP contribution in [0.4, 0.5) is 0 Å². The van der Waals surface area contributed by atoms with E-state index in [4.69, 9.17) is 5.73 Å². The summed E-state index contributed by atoms with van der Waals surface area (Å²) >= 11 is 1.50. The minimum atomic E-state index is -0.598. The van der Waals surface area contributed by atoms with Gasteiger partial charge in [0.15, 0.2) is 0 Å². The van der Waals surface area contributed by atoms with E-state index in [1.807, 2.05) is 32.6 Å². The maximum Gasteiger partial charge on any atom is 0.322 e. The van der Waals surface area contributed by atoms with E-state index < -0.39 is 12.0 Å². The number of nitrogens with two attached hydrogens (primary N) is 1. The third kappa shape index (κ3) is 6.82. The second-order valence-corrected chi connectivity index (χ2v) is 6.06. The van der Waals surface area contributed by atoms with Crippen molar-refractivity contribution in [3.8, 4) is 0 Å². The van der Waals surface area contributed by atoms with E-state index in [0.29, 0.717) is 17.9 Å². The Morgan fingerprint density at radius 1 is 1.21 bits per heavy atom. The highest BCUT2D eigenvalue weighted by atomic mass is 32.2. The zero-order valence-corrected chi connectivity index (χ0v) is 13.3. The molecule has 0 radical (unpaired) electrons. The van der Waals surface area contributed by atoms with Gasteiger partial charge in [-0.25, -0.2) is 0 Å². The Morgan fingerprint density at radius 3 is 2.16 bits per heavy atom. The molecule has 2 N–H and O–H groups in total. The van der Waals surface area contributed by atoms with Crippen molar-refractivity contribution in [2.75, 3.05) is 18.6 Å². The molecule has 0 saturated heterocycles. The van der Waals surface area contributed by atoms with E-state index >= 15 is 0 Å². The number of nitrogens with zero attached hydrogens (tertiary/aromatic N) is 1. The number of hydrogen-bond acceptors (Lipinski definition) is 5. The number of rotatable bonds is 8. The Bertz CT molecular complexity index is 288. The molecule has 0 aliphatic carbocycles. The topological polar surface area (TPSA) is 72.6 Å². The first-order chi connectivity index (χ1) is 8.81. The molecule has 0 aromatic carbocycles. The first kappa shape index (κ1) is 18.2. The zero-order valence-electron chi connectivity index (χ0n) is 12.5. The summed E-state index contributed by atoms with van der Waals surface area (Å²) in [4.78, 5) is 25.0. The van der Waals surface area contributed by atoms with Crippen LogP contribution >= 0.6 is 11.8 Å². The van der Waals surface area contributed by atoms with E-state index in [1.165, 1.54) is 18.9 Å². The molecule has 0 rings (SSSR count). The number of hydrogen-bond donors (Lipinski definition) is 1. The van der Waals surface area contributed by atoms with Gasteiger partial charge in [0, 0.05) is 12.1 Å². The predicted molar refractivity (Wildman–Crippen MR) is 79.1 cm³/mol. The summed E-state index contributed by atoms with van der Waals surface area (Å²) in [6.07, 6.45) is 0.522. The van der Waals surface area contributed by atoms with E-state index in [2.05, 4.69) is 4.74 Å². The molecule has 1 amide bonds. The maximum absolute atomic E-state index is 12.0. The quantitative estimate of drug-likeness (QED) is 0.538. The molecule has 6 heteroatoms. The van der Waals surface area contributed by atoms with Crippen LogP contribution in [0.5, 0.6) is 0 Å². The summed E-state index contributed by atoms with van der Waals surface area (Å²) in [7, 11) is 1.32. The zero-order chi connectivity index (χ0) is 15.0. The molecule has 0 heterocycles. The van der Waals surface area contributed by atoms with Crippen LogP contribution in [0.3, 0.4) is 0 Å². The molecule has 112 valence electrons. The number of esters is 1. The van der Waals surface area contributed by atoms with Crippen LogP contribution in [-0.2, 0) is 14.3 Å². The summed E-state index contributed by atoms with van der Waals surface area (Å²) in [6.45, 7) is 8.04. The lowest BCUT2D eigenvalue weighted by atomic mass is 10.2. The molecule has 5 nitrogen and oxygen atoms in total. The first-order valence-corrected chi connectivity index (χ1v) is 7.69. The summed E-state index contributed by atoms with van der Waals surface area (Å²) in [5.74, 6) is 0.815. The second kappa shape index (κ2) is 9.20. The van der Waals surface area contributed by atoms with Crippen molar-refractivity contribution in [3.63, 3.8) is 0 Å². The average molecular weight is 290 g/mol. The fourth-order valence-corrected chi connectivity index (χ4v) is 2.77. The lowest BCUT2D eigenvalue weighted by Crippen LogP contribution is -2.43. The second-order valence-electron chi connectivity index (χ2n) is 4.96. The highest BCUT2D eigenvalue weighted by Crippen LogP contribution is 2.11. The number of carbonyl (C=O) groups excluding carboxylic acids is 2. The van der Waals surface area contributed by atoms with Gasteiger partial charge in [0.05, 0.1) is 12.9 Å². The lowest BCUT2D eigenvalue weighted by molar-refractivity contribution is -0.142. The van der Waals surface area contributed by atoms with Crippen molar-refractivity contribution in [2.24, 2.45) is 5.73 Å². The van der Waals surface area contributed by atoms with Crippen LogP contribution in [0.15, 0.2) is 0 Å². The Morgan fingerprint density at radius 2 is 1.74 bits per heavy atom. The number of amides is 1.